The molecule has 4 aromatic rings. The number of amides is 2. The van der Waals surface area contributed by atoms with Crippen LogP contribution in [0.2, 0.25) is 0 Å². The minimum absolute atomic E-state index is 0.119. The van der Waals surface area contributed by atoms with Gasteiger partial charge >= 0.3 is 0 Å². The molecule has 2 amide bonds. The van der Waals surface area contributed by atoms with Crippen molar-refractivity contribution >= 4 is 55.0 Å². The summed E-state index contributed by atoms with van der Waals surface area (Å²) in [5, 5.41) is 31.3. The molecular weight excluding hydrogens is 508 g/mol. The van der Waals surface area contributed by atoms with Crippen molar-refractivity contribution < 1.29 is 9.59 Å². The predicted octanol–water partition coefficient (Wildman–Crippen LogP) is 4.20. The van der Waals surface area contributed by atoms with Gasteiger partial charge in [-0.25, -0.2) is 0 Å². The topological polar surface area (TPSA) is 134 Å². The first kappa shape index (κ1) is 24.8. The van der Waals surface area contributed by atoms with Crippen molar-refractivity contribution in [1.29, 1.82) is 0 Å². The number of carbonyl (C=O) groups excluding carboxylic acids is 2. The van der Waals surface area contributed by atoms with Gasteiger partial charge in [-0.15, -0.1) is 20.4 Å². The molecule has 2 heterocycles. The molecule has 0 radical (unpaired) electrons. The fourth-order valence-corrected chi connectivity index (χ4v) is 5.62. The number of rotatable bonds is 10. The van der Waals surface area contributed by atoms with Crippen molar-refractivity contribution in [2.45, 2.75) is 44.2 Å². The standard InChI is InChI=1S/C25H26N8O2S2/c34-20(13-16-7-3-1-4-8-16)28-24-32-30-22(36-24)26-18-11-12-19(15-18)27-23-31-33-25(37-23)29-21(35)14-17-9-5-2-6-10-17/h1-10,18-19H,11-15H2,(H,26,30)(H,27,31)(H,28,32,34)(H,29,33,35)/t18-,19?/m1/s1. The zero-order valence-electron chi connectivity index (χ0n) is 19.9. The highest BCUT2D eigenvalue weighted by Crippen LogP contribution is 2.30. The molecular formula is C25H26N8O2S2. The predicted molar refractivity (Wildman–Crippen MR) is 146 cm³/mol. The van der Waals surface area contributed by atoms with E-state index in [0.29, 0.717) is 33.4 Å². The van der Waals surface area contributed by atoms with Crippen LogP contribution < -0.4 is 21.3 Å². The van der Waals surface area contributed by atoms with E-state index in [2.05, 4.69) is 41.7 Å². The smallest absolute Gasteiger partial charge is 0.230 e. The van der Waals surface area contributed by atoms with Crippen LogP contribution in [0.15, 0.2) is 60.7 Å². The molecule has 1 unspecified atom stereocenters. The minimum Gasteiger partial charge on any atom is -0.357 e. The third-order valence-corrected chi connectivity index (χ3v) is 7.39. The van der Waals surface area contributed by atoms with Gasteiger partial charge < -0.3 is 21.3 Å². The number of hydrogen-bond acceptors (Lipinski definition) is 10. The number of aromatic nitrogens is 4. The van der Waals surface area contributed by atoms with Crippen LogP contribution in [0, 0.1) is 0 Å². The zero-order chi connectivity index (χ0) is 25.5. The van der Waals surface area contributed by atoms with Gasteiger partial charge in [-0.1, -0.05) is 83.3 Å². The van der Waals surface area contributed by atoms with E-state index in [1.165, 1.54) is 22.7 Å². The Balaban J connectivity index is 1.05. The third-order valence-electron chi connectivity index (χ3n) is 5.85. The number of anilines is 4. The maximum absolute atomic E-state index is 12.3. The van der Waals surface area contributed by atoms with Crippen molar-refractivity contribution in [3.8, 4) is 0 Å². The van der Waals surface area contributed by atoms with Gasteiger partial charge in [0.2, 0.25) is 32.3 Å². The Morgan fingerprint density at radius 1 is 0.649 bits per heavy atom. The maximum Gasteiger partial charge on any atom is 0.230 e. The highest BCUT2D eigenvalue weighted by Gasteiger charge is 2.26. The Hall–Kier alpha value is -3.90. The second-order valence-electron chi connectivity index (χ2n) is 8.74. The molecule has 2 aromatic carbocycles. The Morgan fingerprint density at radius 2 is 1.05 bits per heavy atom. The van der Waals surface area contributed by atoms with Gasteiger partial charge in [-0.2, -0.15) is 0 Å². The normalized spacial score (nSPS) is 16.8. The van der Waals surface area contributed by atoms with E-state index in [1.807, 2.05) is 60.7 Å². The molecule has 1 aliphatic rings. The molecule has 1 fully saturated rings. The fraction of sp³-hybridized carbons (Fsp3) is 0.280. The summed E-state index contributed by atoms with van der Waals surface area (Å²) < 4.78 is 0. The van der Waals surface area contributed by atoms with Gasteiger partial charge in [-0.3, -0.25) is 9.59 Å². The Bertz CT molecular complexity index is 1230. The monoisotopic (exact) mass is 534 g/mol. The maximum atomic E-state index is 12.3. The summed E-state index contributed by atoms with van der Waals surface area (Å²) in [5.41, 5.74) is 1.90. The number of carbonyl (C=O) groups is 2. The molecule has 12 heteroatoms. The molecule has 1 aliphatic carbocycles. The van der Waals surface area contributed by atoms with Gasteiger partial charge in [0.1, 0.15) is 0 Å². The van der Waals surface area contributed by atoms with E-state index in [1.54, 1.807) is 0 Å². The molecule has 10 nitrogen and oxygen atoms in total. The lowest BCUT2D eigenvalue weighted by molar-refractivity contribution is -0.116. The quantitative estimate of drug-likeness (QED) is 0.238. The summed E-state index contributed by atoms with van der Waals surface area (Å²) in [6.45, 7) is 0. The van der Waals surface area contributed by atoms with Gasteiger partial charge in [0.15, 0.2) is 0 Å². The SMILES string of the molecule is O=C(Cc1ccccc1)Nc1nnc(NC2CC[C@@H](Nc3nnc(NC(=O)Cc4ccccc4)s3)C2)s1. The Labute approximate surface area is 222 Å². The molecule has 0 saturated heterocycles. The molecule has 4 N–H and O–H groups in total. The van der Waals surface area contributed by atoms with E-state index in [-0.39, 0.29) is 23.9 Å². The largest absolute Gasteiger partial charge is 0.357 e. The van der Waals surface area contributed by atoms with E-state index < -0.39 is 0 Å². The van der Waals surface area contributed by atoms with Crippen LogP contribution in [-0.2, 0) is 22.4 Å². The summed E-state index contributed by atoms with van der Waals surface area (Å²) in [6.07, 6.45) is 3.40. The number of nitrogens with zero attached hydrogens (tertiary/aromatic N) is 4. The molecule has 0 bridgehead atoms. The van der Waals surface area contributed by atoms with Gasteiger partial charge in [0.25, 0.3) is 0 Å². The first-order valence-corrected chi connectivity index (χ1v) is 13.6. The van der Waals surface area contributed by atoms with Crippen molar-refractivity contribution in [1.82, 2.24) is 20.4 Å². The summed E-state index contributed by atoms with van der Waals surface area (Å²) in [6, 6.07) is 19.6. The highest BCUT2D eigenvalue weighted by molar-refractivity contribution is 7.19. The van der Waals surface area contributed by atoms with Gasteiger partial charge in [0, 0.05) is 12.1 Å². The van der Waals surface area contributed by atoms with Crippen molar-refractivity contribution in [3.63, 3.8) is 0 Å². The van der Waals surface area contributed by atoms with Crippen molar-refractivity contribution in [3.05, 3.63) is 71.8 Å². The molecule has 2 atom stereocenters. The summed E-state index contributed by atoms with van der Waals surface area (Å²) in [4.78, 5) is 24.5. The van der Waals surface area contributed by atoms with E-state index in [4.69, 9.17) is 0 Å². The molecule has 190 valence electrons. The van der Waals surface area contributed by atoms with Crippen LogP contribution in [0.25, 0.3) is 0 Å². The lowest BCUT2D eigenvalue weighted by atomic mass is 10.1. The number of hydrogen-bond donors (Lipinski definition) is 4. The summed E-state index contributed by atoms with van der Waals surface area (Å²) >= 11 is 2.65. The van der Waals surface area contributed by atoms with Crippen LogP contribution in [0.5, 0.6) is 0 Å². The first-order valence-electron chi connectivity index (χ1n) is 12.0. The average Bonchev–Trinajstić information content (AvgIpc) is 3.63. The zero-order valence-corrected chi connectivity index (χ0v) is 21.5. The molecule has 37 heavy (non-hydrogen) atoms. The summed E-state index contributed by atoms with van der Waals surface area (Å²) in [7, 11) is 0. The second kappa shape index (κ2) is 11.9. The first-order chi connectivity index (χ1) is 18.1. The number of nitrogens with one attached hydrogen (secondary N) is 4. The van der Waals surface area contributed by atoms with Crippen molar-refractivity contribution in [2.75, 3.05) is 21.3 Å². The molecule has 0 aliphatic heterocycles. The van der Waals surface area contributed by atoms with Crippen LogP contribution in [0.4, 0.5) is 20.5 Å². The van der Waals surface area contributed by atoms with Crippen LogP contribution in [0.3, 0.4) is 0 Å². The lowest BCUT2D eigenvalue weighted by Gasteiger charge is -2.12. The Kier molecular flexibility index (Phi) is 7.96. The fourth-order valence-electron chi connectivity index (χ4n) is 4.15. The Morgan fingerprint density at radius 3 is 1.49 bits per heavy atom. The van der Waals surface area contributed by atoms with Crippen LogP contribution in [0.1, 0.15) is 30.4 Å². The van der Waals surface area contributed by atoms with E-state index in [9.17, 15) is 9.59 Å². The lowest BCUT2D eigenvalue weighted by Crippen LogP contribution is -2.20. The third kappa shape index (κ3) is 7.30. The average molecular weight is 535 g/mol. The second-order valence-corrected chi connectivity index (χ2v) is 10.7. The van der Waals surface area contributed by atoms with Crippen molar-refractivity contribution in [2.24, 2.45) is 0 Å². The summed E-state index contributed by atoms with van der Waals surface area (Å²) in [5.74, 6) is -0.238. The highest BCUT2D eigenvalue weighted by atomic mass is 32.1. The minimum atomic E-state index is -0.119. The van der Waals surface area contributed by atoms with E-state index >= 15 is 0 Å². The molecule has 5 rings (SSSR count). The van der Waals surface area contributed by atoms with Crippen LogP contribution >= 0.6 is 22.7 Å². The number of benzene rings is 2. The molecule has 1 saturated carbocycles. The molecule has 2 aromatic heterocycles. The van der Waals surface area contributed by atoms with Gasteiger partial charge in [-0.05, 0) is 30.4 Å². The van der Waals surface area contributed by atoms with E-state index in [0.717, 1.165) is 30.4 Å². The van der Waals surface area contributed by atoms with Crippen LogP contribution in [-0.4, -0.2) is 44.3 Å². The van der Waals surface area contributed by atoms with Gasteiger partial charge in [0.05, 0.1) is 12.8 Å². The molecule has 0 spiro atoms.